The fourth-order valence-electron chi connectivity index (χ4n) is 2.70. The molecule has 0 amide bonds. The third-order valence-corrected chi connectivity index (χ3v) is 3.88. The summed E-state index contributed by atoms with van der Waals surface area (Å²) in [5.74, 6) is 0.773. The molecule has 1 aromatic rings. The highest BCUT2D eigenvalue weighted by molar-refractivity contribution is 5.10. The monoisotopic (exact) mass is 276 g/mol. The van der Waals surface area contributed by atoms with Crippen molar-refractivity contribution < 1.29 is 4.74 Å². The molecule has 1 fully saturated rings. The van der Waals surface area contributed by atoms with Crippen molar-refractivity contribution in [3.8, 4) is 0 Å². The van der Waals surface area contributed by atoms with Gasteiger partial charge in [0.25, 0.3) is 0 Å². The second-order valence-corrected chi connectivity index (χ2v) is 6.18. The van der Waals surface area contributed by atoms with Crippen molar-refractivity contribution in [2.24, 2.45) is 5.92 Å². The van der Waals surface area contributed by atoms with E-state index in [-0.39, 0.29) is 0 Å². The third kappa shape index (κ3) is 5.59. The molecule has 0 spiro atoms. The Morgan fingerprint density at radius 1 is 1.20 bits per heavy atom. The number of hydrogen-bond acceptors (Lipinski definition) is 3. The number of nitrogens with one attached hydrogen (secondary N) is 1. The van der Waals surface area contributed by atoms with Crippen LogP contribution in [0.5, 0.6) is 0 Å². The Labute approximate surface area is 123 Å². The summed E-state index contributed by atoms with van der Waals surface area (Å²) in [5.41, 5.74) is 2.14. The van der Waals surface area contributed by atoms with Crippen LogP contribution in [0.25, 0.3) is 0 Å². The van der Waals surface area contributed by atoms with Crippen molar-refractivity contribution in [2.45, 2.75) is 65.1 Å². The fourth-order valence-corrected chi connectivity index (χ4v) is 2.70. The first-order chi connectivity index (χ1) is 9.74. The highest BCUT2D eigenvalue weighted by Gasteiger charge is 2.13. The zero-order chi connectivity index (χ0) is 14.2. The average molecular weight is 276 g/mol. The maximum absolute atomic E-state index is 5.86. The highest BCUT2D eigenvalue weighted by Crippen LogP contribution is 2.23. The zero-order valence-corrected chi connectivity index (χ0v) is 12.9. The van der Waals surface area contributed by atoms with Crippen molar-refractivity contribution in [3.63, 3.8) is 0 Å². The molecule has 0 aromatic carbocycles. The topological polar surface area (TPSA) is 34.1 Å². The molecule has 0 bridgehead atoms. The Hall–Kier alpha value is -0.930. The van der Waals surface area contributed by atoms with E-state index in [0.29, 0.717) is 12.6 Å². The van der Waals surface area contributed by atoms with E-state index in [1.54, 1.807) is 0 Å². The van der Waals surface area contributed by atoms with Crippen molar-refractivity contribution in [2.75, 3.05) is 6.61 Å². The van der Waals surface area contributed by atoms with Crippen LogP contribution in [-0.4, -0.2) is 17.6 Å². The number of pyridine rings is 1. The summed E-state index contributed by atoms with van der Waals surface area (Å²) in [7, 11) is 0. The van der Waals surface area contributed by atoms with Gasteiger partial charge < -0.3 is 10.1 Å². The van der Waals surface area contributed by atoms with Gasteiger partial charge in [-0.25, -0.2) is 0 Å². The Kier molecular flexibility index (Phi) is 6.48. The van der Waals surface area contributed by atoms with Gasteiger partial charge in [-0.3, -0.25) is 4.98 Å². The molecule has 1 aliphatic carbocycles. The SMILES string of the molecule is CC(C)NCc1cccc(COCC2CCCCC2)n1. The molecule has 0 unspecified atom stereocenters. The van der Waals surface area contributed by atoms with Crippen molar-refractivity contribution in [3.05, 3.63) is 29.6 Å². The zero-order valence-electron chi connectivity index (χ0n) is 12.9. The summed E-state index contributed by atoms with van der Waals surface area (Å²) in [4.78, 5) is 4.64. The number of rotatable bonds is 7. The van der Waals surface area contributed by atoms with Crippen LogP contribution in [0.1, 0.15) is 57.3 Å². The summed E-state index contributed by atoms with van der Waals surface area (Å²) in [6.07, 6.45) is 6.84. The van der Waals surface area contributed by atoms with Crippen LogP contribution in [0.4, 0.5) is 0 Å². The molecule has 2 rings (SSSR count). The first-order valence-corrected chi connectivity index (χ1v) is 8.00. The Balaban J connectivity index is 1.73. The van der Waals surface area contributed by atoms with Crippen LogP contribution in [0, 0.1) is 5.92 Å². The molecule has 1 saturated carbocycles. The molecule has 3 heteroatoms. The molecule has 1 aromatic heterocycles. The third-order valence-electron chi connectivity index (χ3n) is 3.88. The average Bonchev–Trinajstić information content (AvgIpc) is 2.47. The minimum absolute atomic E-state index is 0.489. The van der Waals surface area contributed by atoms with E-state index < -0.39 is 0 Å². The standard InChI is InChI=1S/C17H28N2O/c1-14(2)18-11-16-9-6-10-17(19-16)13-20-12-15-7-4-3-5-8-15/h6,9-10,14-15,18H,3-5,7-8,11-13H2,1-2H3. The van der Waals surface area contributed by atoms with Gasteiger partial charge in [0.2, 0.25) is 0 Å². The molecule has 3 nitrogen and oxygen atoms in total. The first-order valence-electron chi connectivity index (χ1n) is 8.00. The Morgan fingerprint density at radius 2 is 1.95 bits per heavy atom. The molecule has 1 N–H and O–H groups in total. The smallest absolute Gasteiger partial charge is 0.0888 e. The van der Waals surface area contributed by atoms with Gasteiger partial charge >= 0.3 is 0 Å². The van der Waals surface area contributed by atoms with Gasteiger partial charge in [-0.05, 0) is 30.9 Å². The van der Waals surface area contributed by atoms with Gasteiger partial charge in [0.05, 0.1) is 18.0 Å². The van der Waals surface area contributed by atoms with Crippen LogP contribution < -0.4 is 5.32 Å². The molecule has 0 saturated heterocycles. The lowest BCUT2D eigenvalue weighted by Gasteiger charge is -2.21. The number of hydrogen-bond donors (Lipinski definition) is 1. The molecule has 0 atom stereocenters. The molecule has 0 aliphatic heterocycles. The van der Waals surface area contributed by atoms with Crippen LogP contribution in [0.3, 0.4) is 0 Å². The van der Waals surface area contributed by atoms with Crippen LogP contribution in [0.15, 0.2) is 18.2 Å². The van der Waals surface area contributed by atoms with Gasteiger partial charge in [0, 0.05) is 19.2 Å². The van der Waals surface area contributed by atoms with Crippen molar-refractivity contribution >= 4 is 0 Å². The summed E-state index contributed by atoms with van der Waals surface area (Å²) < 4.78 is 5.86. The van der Waals surface area contributed by atoms with E-state index >= 15 is 0 Å². The normalized spacial score (nSPS) is 16.8. The van der Waals surface area contributed by atoms with Crippen LogP contribution >= 0.6 is 0 Å². The van der Waals surface area contributed by atoms with Gasteiger partial charge in [0.15, 0.2) is 0 Å². The van der Waals surface area contributed by atoms with Crippen LogP contribution in [0.2, 0.25) is 0 Å². The van der Waals surface area contributed by atoms with Gasteiger partial charge in [-0.1, -0.05) is 39.2 Å². The summed E-state index contributed by atoms with van der Waals surface area (Å²) >= 11 is 0. The lowest BCUT2D eigenvalue weighted by Crippen LogP contribution is -2.22. The predicted octanol–water partition coefficient (Wildman–Crippen LogP) is 3.68. The number of nitrogens with zero attached hydrogens (tertiary/aromatic N) is 1. The van der Waals surface area contributed by atoms with Crippen LogP contribution in [-0.2, 0) is 17.9 Å². The minimum Gasteiger partial charge on any atom is -0.375 e. The summed E-state index contributed by atoms with van der Waals surface area (Å²) in [5, 5.41) is 3.39. The van der Waals surface area contributed by atoms with Crippen molar-refractivity contribution in [1.82, 2.24) is 10.3 Å². The van der Waals surface area contributed by atoms with E-state index in [2.05, 4.69) is 42.3 Å². The maximum atomic E-state index is 5.86. The molecule has 0 radical (unpaired) electrons. The van der Waals surface area contributed by atoms with E-state index in [0.717, 1.165) is 30.5 Å². The Morgan fingerprint density at radius 3 is 2.70 bits per heavy atom. The van der Waals surface area contributed by atoms with Gasteiger partial charge in [0.1, 0.15) is 0 Å². The molecule has 1 heterocycles. The molecular formula is C17H28N2O. The molecule has 1 aliphatic rings. The summed E-state index contributed by atoms with van der Waals surface area (Å²) in [6, 6.07) is 6.69. The summed E-state index contributed by atoms with van der Waals surface area (Å²) in [6.45, 7) is 6.67. The van der Waals surface area contributed by atoms with E-state index in [1.165, 1.54) is 32.1 Å². The first kappa shape index (κ1) is 15.5. The van der Waals surface area contributed by atoms with Gasteiger partial charge in [-0.2, -0.15) is 0 Å². The molecular weight excluding hydrogens is 248 g/mol. The minimum atomic E-state index is 0.489. The van der Waals surface area contributed by atoms with E-state index in [1.807, 2.05) is 0 Å². The second kappa shape index (κ2) is 8.38. The lowest BCUT2D eigenvalue weighted by atomic mass is 9.90. The predicted molar refractivity (Wildman–Crippen MR) is 82.4 cm³/mol. The fraction of sp³-hybridized carbons (Fsp3) is 0.706. The largest absolute Gasteiger partial charge is 0.375 e. The lowest BCUT2D eigenvalue weighted by molar-refractivity contribution is 0.0719. The number of ether oxygens (including phenoxy) is 1. The van der Waals surface area contributed by atoms with Gasteiger partial charge in [-0.15, -0.1) is 0 Å². The second-order valence-electron chi connectivity index (χ2n) is 6.18. The van der Waals surface area contributed by atoms with E-state index in [4.69, 9.17) is 4.74 Å². The quantitative estimate of drug-likeness (QED) is 0.825. The van der Waals surface area contributed by atoms with Crippen molar-refractivity contribution in [1.29, 1.82) is 0 Å². The number of aromatic nitrogens is 1. The highest BCUT2D eigenvalue weighted by atomic mass is 16.5. The molecule has 112 valence electrons. The molecule has 20 heavy (non-hydrogen) atoms. The Bertz CT molecular complexity index is 386. The maximum Gasteiger partial charge on any atom is 0.0888 e. The van der Waals surface area contributed by atoms with E-state index in [9.17, 15) is 0 Å².